The molecular formula is C14H16N2O4. The topological polar surface area (TPSA) is 99.4 Å². The SMILES string of the molecule is CCOCC(=O)N[C@@H](Cc1ccc(C#N)cc1)C(=O)O. The second kappa shape index (κ2) is 7.92. The van der Waals surface area contributed by atoms with Gasteiger partial charge in [-0.15, -0.1) is 0 Å². The number of carboxylic acid groups (broad SMARTS) is 1. The number of nitriles is 1. The standard InChI is InChI=1S/C14H16N2O4/c1-2-20-9-13(17)16-12(14(18)19)7-10-3-5-11(8-15)6-4-10/h3-6,12H,2,7,9H2,1H3,(H,16,17)(H,18,19)/t12-/m0/s1. The van der Waals surface area contributed by atoms with Crippen LogP contribution >= 0.6 is 0 Å². The normalized spacial score (nSPS) is 11.4. The molecule has 1 aromatic rings. The van der Waals surface area contributed by atoms with Gasteiger partial charge < -0.3 is 15.2 Å². The first kappa shape index (κ1) is 15.7. The molecule has 0 saturated heterocycles. The van der Waals surface area contributed by atoms with E-state index in [4.69, 9.17) is 15.1 Å². The predicted molar refractivity (Wildman–Crippen MR) is 70.9 cm³/mol. The van der Waals surface area contributed by atoms with E-state index < -0.39 is 17.9 Å². The van der Waals surface area contributed by atoms with E-state index in [-0.39, 0.29) is 13.0 Å². The summed E-state index contributed by atoms with van der Waals surface area (Å²) in [4.78, 5) is 22.6. The van der Waals surface area contributed by atoms with Crippen molar-refractivity contribution in [3.05, 3.63) is 35.4 Å². The molecule has 20 heavy (non-hydrogen) atoms. The molecule has 0 unspecified atom stereocenters. The fourth-order valence-corrected chi connectivity index (χ4v) is 1.58. The minimum absolute atomic E-state index is 0.152. The molecule has 0 aromatic heterocycles. The van der Waals surface area contributed by atoms with Gasteiger partial charge in [0.1, 0.15) is 12.6 Å². The lowest BCUT2D eigenvalue weighted by Gasteiger charge is -2.14. The van der Waals surface area contributed by atoms with Crippen molar-refractivity contribution in [2.75, 3.05) is 13.2 Å². The molecule has 0 aliphatic carbocycles. The zero-order valence-electron chi connectivity index (χ0n) is 11.1. The highest BCUT2D eigenvalue weighted by molar-refractivity contribution is 5.84. The van der Waals surface area contributed by atoms with E-state index in [1.807, 2.05) is 6.07 Å². The number of aliphatic carboxylic acids is 1. The molecule has 0 saturated carbocycles. The second-order valence-electron chi connectivity index (χ2n) is 4.11. The van der Waals surface area contributed by atoms with Crippen LogP contribution < -0.4 is 5.32 Å². The smallest absolute Gasteiger partial charge is 0.326 e. The summed E-state index contributed by atoms with van der Waals surface area (Å²) in [6, 6.07) is 7.52. The van der Waals surface area contributed by atoms with Crippen molar-refractivity contribution in [3.63, 3.8) is 0 Å². The number of carbonyl (C=O) groups excluding carboxylic acids is 1. The quantitative estimate of drug-likeness (QED) is 0.764. The molecule has 2 N–H and O–H groups in total. The van der Waals surface area contributed by atoms with Crippen LogP contribution in [-0.4, -0.2) is 36.2 Å². The summed E-state index contributed by atoms with van der Waals surface area (Å²) in [6.45, 7) is 1.98. The Hall–Kier alpha value is -2.39. The van der Waals surface area contributed by atoms with Gasteiger partial charge in [0.2, 0.25) is 5.91 Å². The highest BCUT2D eigenvalue weighted by Gasteiger charge is 2.20. The zero-order valence-corrected chi connectivity index (χ0v) is 11.1. The number of hydrogen-bond donors (Lipinski definition) is 2. The molecule has 0 aliphatic rings. The minimum atomic E-state index is -1.11. The van der Waals surface area contributed by atoms with Gasteiger partial charge in [-0.3, -0.25) is 4.79 Å². The fourth-order valence-electron chi connectivity index (χ4n) is 1.58. The van der Waals surface area contributed by atoms with Crippen molar-refractivity contribution < 1.29 is 19.4 Å². The Morgan fingerprint density at radius 1 is 1.40 bits per heavy atom. The lowest BCUT2D eigenvalue weighted by molar-refractivity contribution is -0.142. The van der Waals surface area contributed by atoms with E-state index in [1.165, 1.54) is 0 Å². The molecule has 0 aliphatic heterocycles. The number of amides is 1. The van der Waals surface area contributed by atoms with Gasteiger partial charge in [-0.1, -0.05) is 12.1 Å². The van der Waals surface area contributed by atoms with Crippen LogP contribution in [0.2, 0.25) is 0 Å². The third-order valence-corrected chi connectivity index (χ3v) is 2.59. The zero-order chi connectivity index (χ0) is 15.0. The average Bonchev–Trinajstić information content (AvgIpc) is 2.45. The van der Waals surface area contributed by atoms with Crippen LogP contribution in [0, 0.1) is 11.3 Å². The van der Waals surface area contributed by atoms with E-state index >= 15 is 0 Å². The lowest BCUT2D eigenvalue weighted by Crippen LogP contribution is -2.43. The second-order valence-corrected chi connectivity index (χ2v) is 4.11. The van der Waals surface area contributed by atoms with Gasteiger partial charge in [0.15, 0.2) is 0 Å². The van der Waals surface area contributed by atoms with Gasteiger partial charge in [0.25, 0.3) is 0 Å². The van der Waals surface area contributed by atoms with Gasteiger partial charge in [0, 0.05) is 13.0 Å². The maximum atomic E-state index is 11.5. The van der Waals surface area contributed by atoms with E-state index in [0.717, 1.165) is 5.56 Å². The number of benzene rings is 1. The summed E-state index contributed by atoms with van der Waals surface area (Å²) < 4.78 is 4.92. The number of ether oxygens (including phenoxy) is 1. The monoisotopic (exact) mass is 276 g/mol. The molecule has 6 nitrogen and oxygen atoms in total. The van der Waals surface area contributed by atoms with Crippen molar-refractivity contribution in [2.24, 2.45) is 0 Å². The molecule has 6 heteroatoms. The number of carboxylic acids is 1. The summed E-state index contributed by atoms with van der Waals surface area (Å²) in [5, 5.41) is 20.2. The maximum Gasteiger partial charge on any atom is 0.326 e. The van der Waals surface area contributed by atoms with Crippen LogP contribution in [0.3, 0.4) is 0 Å². The highest BCUT2D eigenvalue weighted by Crippen LogP contribution is 2.06. The van der Waals surface area contributed by atoms with Gasteiger partial charge in [-0.2, -0.15) is 5.26 Å². The Bertz CT molecular complexity index is 505. The number of nitrogens with one attached hydrogen (secondary N) is 1. The highest BCUT2D eigenvalue weighted by atomic mass is 16.5. The Morgan fingerprint density at radius 3 is 2.55 bits per heavy atom. The first-order chi connectivity index (χ1) is 9.56. The molecule has 0 bridgehead atoms. The van der Waals surface area contributed by atoms with E-state index in [9.17, 15) is 9.59 Å². The molecule has 1 rings (SSSR count). The Balaban J connectivity index is 2.64. The molecular weight excluding hydrogens is 260 g/mol. The largest absolute Gasteiger partial charge is 0.480 e. The van der Waals surface area contributed by atoms with Gasteiger partial charge in [0.05, 0.1) is 11.6 Å². The number of hydrogen-bond acceptors (Lipinski definition) is 4. The molecule has 0 fully saturated rings. The number of nitrogens with zero attached hydrogens (tertiary/aromatic N) is 1. The van der Waals surface area contributed by atoms with E-state index in [1.54, 1.807) is 31.2 Å². The van der Waals surface area contributed by atoms with Gasteiger partial charge >= 0.3 is 5.97 Å². The molecule has 0 spiro atoms. The third-order valence-electron chi connectivity index (χ3n) is 2.59. The van der Waals surface area contributed by atoms with Crippen molar-refractivity contribution in [1.82, 2.24) is 5.32 Å². The molecule has 0 radical (unpaired) electrons. The van der Waals surface area contributed by atoms with Crippen molar-refractivity contribution in [1.29, 1.82) is 5.26 Å². The van der Waals surface area contributed by atoms with Crippen LogP contribution in [0.5, 0.6) is 0 Å². The first-order valence-electron chi connectivity index (χ1n) is 6.15. The first-order valence-corrected chi connectivity index (χ1v) is 6.15. The summed E-state index contributed by atoms with van der Waals surface area (Å²) in [6.07, 6.45) is 0.152. The van der Waals surface area contributed by atoms with Crippen LogP contribution in [0.25, 0.3) is 0 Å². The summed E-state index contributed by atoms with van der Waals surface area (Å²) in [5.74, 6) is -1.58. The Kier molecular flexibility index (Phi) is 6.20. The van der Waals surface area contributed by atoms with Gasteiger partial charge in [-0.05, 0) is 24.6 Å². The van der Waals surface area contributed by atoms with Crippen molar-refractivity contribution in [3.8, 4) is 6.07 Å². The van der Waals surface area contributed by atoms with Crippen LogP contribution in [0.1, 0.15) is 18.1 Å². The lowest BCUT2D eigenvalue weighted by atomic mass is 10.0. The van der Waals surface area contributed by atoms with E-state index in [0.29, 0.717) is 12.2 Å². The predicted octanol–water partition coefficient (Wildman–Crippen LogP) is 0.707. The number of carbonyl (C=O) groups is 2. The average molecular weight is 276 g/mol. The maximum absolute atomic E-state index is 11.5. The molecule has 1 amide bonds. The summed E-state index contributed by atoms with van der Waals surface area (Å²) >= 11 is 0. The van der Waals surface area contributed by atoms with Gasteiger partial charge in [-0.25, -0.2) is 4.79 Å². The molecule has 0 heterocycles. The molecule has 1 aromatic carbocycles. The van der Waals surface area contributed by atoms with Crippen molar-refractivity contribution >= 4 is 11.9 Å². The van der Waals surface area contributed by atoms with Crippen LogP contribution in [-0.2, 0) is 20.7 Å². The third kappa shape index (κ3) is 5.08. The Labute approximate surface area is 117 Å². The Morgan fingerprint density at radius 2 is 2.05 bits per heavy atom. The van der Waals surface area contributed by atoms with E-state index in [2.05, 4.69) is 5.32 Å². The minimum Gasteiger partial charge on any atom is -0.480 e. The fraction of sp³-hybridized carbons (Fsp3) is 0.357. The van der Waals surface area contributed by atoms with Crippen LogP contribution in [0.15, 0.2) is 24.3 Å². The van der Waals surface area contributed by atoms with Crippen LogP contribution in [0.4, 0.5) is 0 Å². The summed E-state index contributed by atoms with van der Waals surface area (Å²) in [5.41, 5.74) is 1.23. The molecule has 1 atom stereocenters. The van der Waals surface area contributed by atoms with Crippen molar-refractivity contribution in [2.45, 2.75) is 19.4 Å². The summed E-state index contributed by atoms with van der Waals surface area (Å²) in [7, 11) is 0. The number of rotatable bonds is 7. The molecule has 106 valence electrons.